The first kappa shape index (κ1) is 16.6. The number of hydrogen-bond acceptors (Lipinski definition) is 4. The quantitative estimate of drug-likeness (QED) is 0.798. The summed E-state index contributed by atoms with van der Waals surface area (Å²) in [7, 11) is 4.11. The van der Waals surface area contributed by atoms with Gasteiger partial charge in [0, 0.05) is 31.4 Å². The number of aromatic hydroxyl groups is 1. The van der Waals surface area contributed by atoms with E-state index in [4.69, 9.17) is 9.47 Å². The summed E-state index contributed by atoms with van der Waals surface area (Å²) in [5, 5.41) is 22.9. The maximum atomic E-state index is 12.4. The molecule has 3 fully saturated rings. The summed E-state index contributed by atoms with van der Waals surface area (Å²) < 4.78 is 13.2. The number of benzene rings is 1. The molecule has 2 bridgehead atoms. The van der Waals surface area contributed by atoms with Crippen LogP contribution in [0.1, 0.15) is 43.2 Å². The molecule has 5 nitrogen and oxygen atoms in total. The SMILES string of the molecule is CO[C@@H]1CCC2(O)[C@H]3Cc4ccc(O)c5c4[C@@]2(CC[N@+]3(C)CC2CC2)[C@H]1O5. The average Bonchev–Trinajstić information content (AvgIpc) is 3.37. The van der Waals surface area contributed by atoms with Gasteiger partial charge >= 0.3 is 0 Å². The lowest BCUT2D eigenvalue weighted by Crippen LogP contribution is -2.81. The van der Waals surface area contributed by atoms with Gasteiger partial charge in [-0.3, -0.25) is 0 Å². The fraction of sp³-hybridized carbons (Fsp3) is 0.727. The summed E-state index contributed by atoms with van der Waals surface area (Å²) in [6.45, 7) is 2.25. The fourth-order valence-corrected chi connectivity index (χ4v) is 7.35. The number of likely N-dealkylation sites (tertiary alicyclic amines) is 1. The molecule has 1 saturated heterocycles. The van der Waals surface area contributed by atoms with Gasteiger partial charge in [0.2, 0.25) is 0 Å². The molecule has 0 aromatic heterocycles. The molecule has 2 aliphatic heterocycles. The molecule has 5 heteroatoms. The molecule has 5 aliphatic rings. The average molecular weight is 372 g/mol. The van der Waals surface area contributed by atoms with Gasteiger partial charge in [-0.25, -0.2) is 0 Å². The van der Waals surface area contributed by atoms with Gasteiger partial charge < -0.3 is 24.2 Å². The number of quaternary nitrogens is 1. The highest BCUT2D eigenvalue weighted by molar-refractivity contribution is 5.62. The maximum Gasteiger partial charge on any atom is 0.165 e. The molecule has 27 heavy (non-hydrogen) atoms. The number of ether oxygens (including phenoxy) is 2. The van der Waals surface area contributed by atoms with E-state index >= 15 is 0 Å². The molecule has 1 aromatic rings. The summed E-state index contributed by atoms with van der Waals surface area (Å²) in [5.74, 6) is 1.64. The number of phenolic OH excluding ortho intramolecular Hbond substituents is 1. The zero-order chi connectivity index (χ0) is 18.6. The predicted octanol–water partition coefficient (Wildman–Crippen LogP) is 2.12. The third-order valence-corrected chi connectivity index (χ3v) is 8.73. The Morgan fingerprint density at radius 2 is 2.07 bits per heavy atom. The van der Waals surface area contributed by atoms with Crippen molar-refractivity contribution >= 4 is 0 Å². The Hall–Kier alpha value is -1.30. The van der Waals surface area contributed by atoms with Gasteiger partial charge in [0.15, 0.2) is 11.5 Å². The third kappa shape index (κ3) is 1.82. The Morgan fingerprint density at radius 1 is 1.26 bits per heavy atom. The van der Waals surface area contributed by atoms with Crippen LogP contribution in [0, 0.1) is 5.92 Å². The zero-order valence-electron chi connectivity index (χ0n) is 16.3. The van der Waals surface area contributed by atoms with E-state index in [9.17, 15) is 10.2 Å². The van der Waals surface area contributed by atoms with Crippen molar-refractivity contribution in [3.63, 3.8) is 0 Å². The van der Waals surface area contributed by atoms with Gasteiger partial charge in [-0.15, -0.1) is 0 Å². The third-order valence-electron chi connectivity index (χ3n) is 8.73. The van der Waals surface area contributed by atoms with Crippen molar-refractivity contribution in [2.45, 2.75) is 67.8 Å². The smallest absolute Gasteiger partial charge is 0.165 e. The van der Waals surface area contributed by atoms with Gasteiger partial charge in [0.05, 0.1) is 31.7 Å². The van der Waals surface area contributed by atoms with E-state index in [0.29, 0.717) is 5.75 Å². The van der Waals surface area contributed by atoms with Crippen LogP contribution in [0.3, 0.4) is 0 Å². The number of rotatable bonds is 3. The fourth-order valence-electron chi connectivity index (χ4n) is 7.35. The van der Waals surface area contributed by atoms with Crippen molar-refractivity contribution in [3.8, 4) is 11.5 Å². The van der Waals surface area contributed by atoms with Crippen LogP contribution in [0.4, 0.5) is 0 Å². The summed E-state index contributed by atoms with van der Waals surface area (Å²) in [5.41, 5.74) is 1.11. The van der Waals surface area contributed by atoms with Crippen molar-refractivity contribution < 1.29 is 24.2 Å². The topological polar surface area (TPSA) is 58.9 Å². The molecule has 2 N–H and O–H groups in total. The first-order valence-electron chi connectivity index (χ1n) is 10.5. The van der Waals surface area contributed by atoms with Gasteiger partial charge in [0.25, 0.3) is 0 Å². The predicted molar refractivity (Wildman–Crippen MR) is 99.9 cm³/mol. The number of phenols is 1. The Bertz CT molecular complexity index is 823. The molecular weight excluding hydrogens is 342 g/mol. The van der Waals surface area contributed by atoms with Crippen molar-refractivity contribution in [1.29, 1.82) is 0 Å². The van der Waals surface area contributed by atoms with Gasteiger partial charge in [0.1, 0.15) is 17.7 Å². The number of likely N-dealkylation sites (N-methyl/N-ethyl adjacent to an activating group) is 1. The van der Waals surface area contributed by atoms with E-state index in [-0.39, 0.29) is 24.0 Å². The molecule has 2 saturated carbocycles. The number of piperidine rings is 1. The molecule has 1 unspecified atom stereocenters. The minimum atomic E-state index is -0.791. The van der Waals surface area contributed by atoms with Crippen molar-refractivity contribution in [2.24, 2.45) is 5.92 Å². The standard InChI is InChI=1S/C22H29NO4/c1-23(12-13-3-4-13)10-9-21-18-14-5-6-15(24)19(18)27-20(21)16(26-2)7-8-22(21,25)17(23)11-14/h5-6,13,16-17,20,25H,3-4,7-12H2,1-2H3/p+1/t16-,17-,20+,21+,22?,23-/m1/s1. The van der Waals surface area contributed by atoms with Crippen LogP contribution in [0.25, 0.3) is 0 Å². The highest BCUT2D eigenvalue weighted by atomic mass is 16.5. The van der Waals surface area contributed by atoms with Crippen LogP contribution in [0.15, 0.2) is 12.1 Å². The number of aliphatic hydroxyl groups is 1. The van der Waals surface area contributed by atoms with Crippen LogP contribution < -0.4 is 4.74 Å². The van der Waals surface area contributed by atoms with Crippen molar-refractivity contribution in [3.05, 3.63) is 23.3 Å². The highest BCUT2D eigenvalue weighted by Crippen LogP contribution is 2.66. The van der Waals surface area contributed by atoms with Crippen LogP contribution >= 0.6 is 0 Å². The molecule has 6 atom stereocenters. The normalized spacial score (nSPS) is 46.7. The Morgan fingerprint density at radius 3 is 2.81 bits per heavy atom. The second-order valence-corrected chi connectivity index (χ2v) is 9.99. The number of methoxy groups -OCH3 is 1. The first-order valence-corrected chi connectivity index (χ1v) is 10.5. The van der Waals surface area contributed by atoms with E-state index in [1.54, 1.807) is 13.2 Å². The molecule has 1 spiro atoms. The van der Waals surface area contributed by atoms with Crippen LogP contribution in [0.5, 0.6) is 11.5 Å². The van der Waals surface area contributed by atoms with Crippen LogP contribution in [0.2, 0.25) is 0 Å². The summed E-state index contributed by atoms with van der Waals surface area (Å²) in [6, 6.07) is 4.03. The molecular formula is C22H30NO4+. The Balaban J connectivity index is 1.58. The molecule has 0 radical (unpaired) electrons. The Labute approximate surface area is 160 Å². The second kappa shape index (κ2) is 5.00. The van der Waals surface area contributed by atoms with Crippen LogP contribution in [-0.2, 0) is 16.6 Å². The van der Waals surface area contributed by atoms with E-state index in [1.165, 1.54) is 24.9 Å². The lowest BCUT2D eigenvalue weighted by Gasteiger charge is -2.65. The minimum absolute atomic E-state index is 0.0380. The van der Waals surface area contributed by atoms with E-state index < -0.39 is 11.0 Å². The molecule has 3 aliphatic carbocycles. The lowest BCUT2D eigenvalue weighted by molar-refractivity contribution is -0.950. The minimum Gasteiger partial charge on any atom is -0.504 e. The summed E-state index contributed by atoms with van der Waals surface area (Å²) >= 11 is 0. The van der Waals surface area contributed by atoms with E-state index in [1.807, 2.05) is 0 Å². The monoisotopic (exact) mass is 372 g/mol. The van der Waals surface area contributed by atoms with Crippen molar-refractivity contribution in [1.82, 2.24) is 0 Å². The largest absolute Gasteiger partial charge is 0.504 e. The molecule has 6 rings (SSSR count). The van der Waals surface area contributed by atoms with Gasteiger partial charge in [-0.2, -0.15) is 0 Å². The zero-order valence-corrected chi connectivity index (χ0v) is 16.3. The molecule has 146 valence electrons. The molecule has 2 heterocycles. The van der Waals surface area contributed by atoms with E-state index in [2.05, 4.69) is 13.1 Å². The maximum absolute atomic E-state index is 12.4. The number of nitrogens with zero attached hydrogens (tertiary/aromatic N) is 1. The highest BCUT2D eigenvalue weighted by Gasteiger charge is 2.76. The molecule has 0 amide bonds. The molecule has 1 aromatic carbocycles. The summed E-state index contributed by atoms with van der Waals surface area (Å²) in [4.78, 5) is 0. The van der Waals surface area contributed by atoms with Gasteiger partial charge in [-0.05, 0) is 37.3 Å². The van der Waals surface area contributed by atoms with Gasteiger partial charge in [-0.1, -0.05) is 6.07 Å². The first-order chi connectivity index (χ1) is 12.9. The number of hydrogen-bond donors (Lipinski definition) is 2. The Kier molecular flexibility index (Phi) is 3.08. The van der Waals surface area contributed by atoms with Crippen LogP contribution in [-0.4, -0.2) is 65.8 Å². The van der Waals surface area contributed by atoms with Crippen molar-refractivity contribution in [2.75, 3.05) is 27.2 Å². The summed E-state index contributed by atoms with van der Waals surface area (Å²) in [6.07, 6.45) is 5.78. The van der Waals surface area contributed by atoms with E-state index in [0.717, 1.165) is 48.2 Å². The second-order valence-electron chi connectivity index (χ2n) is 9.99. The lowest BCUT2D eigenvalue weighted by atomic mass is 9.48.